The number of amides is 1. The first-order chi connectivity index (χ1) is 13.4. The van der Waals surface area contributed by atoms with Crippen LogP contribution in [-0.4, -0.2) is 38.1 Å². The number of fused-ring (bicyclic) bond motifs is 1. The van der Waals surface area contributed by atoms with Crippen molar-refractivity contribution in [3.05, 3.63) is 35.9 Å². The molecule has 1 amide bonds. The monoisotopic (exact) mass is 383 g/mol. The number of rotatable bonds is 8. The zero-order chi connectivity index (χ0) is 20.1. The third-order valence-electron chi connectivity index (χ3n) is 4.47. The van der Waals surface area contributed by atoms with E-state index in [4.69, 9.17) is 10.3 Å². The Kier molecular flexibility index (Phi) is 5.72. The second-order valence-electron chi connectivity index (χ2n) is 7.10. The van der Waals surface area contributed by atoms with Crippen molar-refractivity contribution in [2.75, 3.05) is 17.6 Å². The van der Waals surface area contributed by atoms with Gasteiger partial charge in [0.15, 0.2) is 11.5 Å². The molecular formula is C19H25N7O2. The summed E-state index contributed by atoms with van der Waals surface area (Å²) in [6.07, 6.45) is 4.51. The van der Waals surface area contributed by atoms with E-state index in [2.05, 4.69) is 37.7 Å². The fourth-order valence-corrected chi connectivity index (χ4v) is 2.96. The van der Waals surface area contributed by atoms with Crippen LogP contribution in [0, 0.1) is 6.92 Å². The van der Waals surface area contributed by atoms with Gasteiger partial charge in [-0.2, -0.15) is 4.98 Å². The molecule has 0 fully saturated rings. The fraction of sp³-hybridized carbons (Fsp3) is 0.421. The summed E-state index contributed by atoms with van der Waals surface area (Å²) >= 11 is 0. The van der Waals surface area contributed by atoms with Gasteiger partial charge in [-0.1, -0.05) is 24.9 Å². The Morgan fingerprint density at radius 1 is 1.36 bits per heavy atom. The quantitative estimate of drug-likeness (QED) is 0.541. The lowest BCUT2D eigenvalue weighted by molar-refractivity contribution is 0.0936. The van der Waals surface area contributed by atoms with Crippen LogP contribution in [0.15, 0.2) is 28.9 Å². The lowest BCUT2D eigenvalue weighted by Gasteiger charge is -2.32. The number of hydrogen-bond acceptors (Lipinski definition) is 8. The fourth-order valence-electron chi connectivity index (χ4n) is 2.96. The Morgan fingerprint density at radius 2 is 2.18 bits per heavy atom. The highest BCUT2D eigenvalue weighted by Crippen LogP contribution is 2.25. The predicted molar refractivity (Wildman–Crippen MR) is 107 cm³/mol. The van der Waals surface area contributed by atoms with Gasteiger partial charge < -0.3 is 20.9 Å². The van der Waals surface area contributed by atoms with E-state index in [1.54, 1.807) is 25.3 Å². The normalized spacial score (nSPS) is 13.2. The summed E-state index contributed by atoms with van der Waals surface area (Å²) in [5.74, 6) is 1.02. The topological polar surface area (TPSA) is 132 Å². The van der Waals surface area contributed by atoms with Crippen LogP contribution in [0.25, 0.3) is 11.0 Å². The molecule has 28 heavy (non-hydrogen) atoms. The number of nitrogens with two attached hydrogens (primary N) is 1. The summed E-state index contributed by atoms with van der Waals surface area (Å²) in [5.41, 5.74) is 6.96. The molecule has 3 aromatic rings. The number of pyridine rings is 1. The van der Waals surface area contributed by atoms with Crippen molar-refractivity contribution in [1.29, 1.82) is 0 Å². The van der Waals surface area contributed by atoms with E-state index >= 15 is 0 Å². The molecule has 0 aliphatic rings. The molecule has 0 saturated heterocycles. The van der Waals surface area contributed by atoms with Crippen molar-refractivity contribution >= 4 is 28.7 Å². The van der Waals surface area contributed by atoms with Crippen molar-refractivity contribution in [3.63, 3.8) is 0 Å². The number of unbranched alkanes of at least 4 members (excludes halogenated alkanes) is 1. The minimum atomic E-state index is -0.463. The van der Waals surface area contributed by atoms with Crippen LogP contribution in [0.2, 0.25) is 0 Å². The van der Waals surface area contributed by atoms with Crippen molar-refractivity contribution in [1.82, 2.24) is 25.4 Å². The van der Waals surface area contributed by atoms with E-state index in [0.717, 1.165) is 19.3 Å². The summed E-state index contributed by atoms with van der Waals surface area (Å²) < 4.78 is 4.97. The average molecular weight is 383 g/mol. The smallest absolute Gasteiger partial charge is 0.273 e. The molecule has 9 nitrogen and oxygen atoms in total. The van der Waals surface area contributed by atoms with Gasteiger partial charge in [-0.25, -0.2) is 4.98 Å². The van der Waals surface area contributed by atoms with Crippen LogP contribution in [0.3, 0.4) is 0 Å². The van der Waals surface area contributed by atoms with Gasteiger partial charge in [-0.15, -0.1) is 0 Å². The number of aromatic nitrogens is 4. The average Bonchev–Trinajstić information content (AvgIpc) is 3.11. The lowest BCUT2D eigenvalue weighted by Crippen LogP contribution is -2.47. The Labute approximate surface area is 163 Å². The summed E-state index contributed by atoms with van der Waals surface area (Å²) in [7, 11) is 0. The van der Waals surface area contributed by atoms with Gasteiger partial charge in [-0.3, -0.25) is 9.78 Å². The Bertz CT molecular complexity index is 972. The molecule has 0 aromatic carbocycles. The van der Waals surface area contributed by atoms with Gasteiger partial charge in [0, 0.05) is 18.8 Å². The van der Waals surface area contributed by atoms with Crippen LogP contribution in [-0.2, 0) is 0 Å². The molecule has 0 aliphatic carbocycles. The molecule has 4 N–H and O–H groups in total. The molecule has 0 radical (unpaired) electrons. The van der Waals surface area contributed by atoms with Crippen molar-refractivity contribution in [2.24, 2.45) is 0 Å². The van der Waals surface area contributed by atoms with E-state index in [9.17, 15) is 4.79 Å². The molecule has 0 spiro atoms. The minimum absolute atomic E-state index is 0.169. The molecule has 3 rings (SSSR count). The molecule has 0 aliphatic heterocycles. The summed E-state index contributed by atoms with van der Waals surface area (Å²) in [6.45, 7) is 6.27. The zero-order valence-corrected chi connectivity index (χ0v) is 16.3. The van der Waals surface area contributed by atoms with Gasteiger partial charge in [0.05, 0.1) is 11.1 Å². The third-order valence-corrected chi connectivity index (χ3v) is 4.47. The summed E-state index contributed by atoms with van der Waals surface area (Å²) in [5, 5.41) is 10.1. The first-order valence-electron chi connectivity index (χ1n) is 9.28. The molecule has 1 atom stereocenters. The highest BCUT2D eigenvalue weighted by Gasteiger charge is 2.27. The molecule has 9 heteroatoms. The van der Waals surface area contributed by atoms with Crippen molar-refractivity contribution in [2.45, 2.75) is 45.6 Å². The van der Waals surface area contributed by atoms with E-state index in [1.807, 2.05) is 13.0 Å². The second-order valence-corrected chi connectivity index (χ2v) is 7.10. The maximum Gasteiger partial charge on any atom is 0.273 e. The molecule has 3 heterocycles. The maximum atomic E-state index is 12.4. The van der Waals surface area contributed by atoms with Crippen LogP contribution in [0.1, 0.15) is 49.4 Å². The first-order valence-corrected chi connectivity index (χ1v) is 9.28. The predicted octanol–water partition coefficient (Wildman–Crippen LogP) is 2.69. The van der Waals surface area contributed by atoms with Crippen LogP contribution in [0.4, 0.5) is 11.8 Å². The zero-order valence-electron chi connectivity index (χ0n) is 16.3. The van der Waals surface area contributed by atoms with Crippen molar-refractivity contribution in [3.8, 4) is 0 Å². The number of hydrogen-bond donors (Lipinski definition) is 3. The Morgan fingerprint density at radius 3 is 2.89 bits per heavy atom. The number of aryl methyl sites for hydroxylation is 1. The molecule has 3 aromatic heterocycles. The first kappa shape index (κ1) is 19.5. The highest BCUT2D eigenvalue weighted by atomic mass is 16.5. The number of nitrogen functional groups attached to an aromatic ring is 1. The Hall–Kier alpha value is -3.23. The number of carbonyl (C=O) groups excluding carboxylic acids is 1. The summed E-state index contributed by atoms with van der Waals surface area (Å²) in [4.78, 5) is 25.3. The second kappa shape index (κ2) is 8.20. The summed E-state index contributed by atoms with van der Waals surface area (Å²) in [6, 6.07) is 5.24. The van der Waals surface area contributed by atoms with Gasteiger partial charge in [0.1, 0.15) is 11.3 Å². The lowest BCUT2D eigenvalue weighted by atomic mass is 9.94. The van der Waals surface area contributed by atoms with Gasteiger partial charge >= 0.3 is 0 Å². The number of anilines is 2. The molecule has 0 saturated carbocycles. The van der Waals surface area contributed by atoms with Crippen LogP contribution >= 0.6 is 0 Å². The van der Waals surface area contributed by atoms with E-state index in [0.29, 0.717) is 29.2 Å². The van der Waals surface area contributed by atoms with Gasteiger partial charge in [0.25, 0.3) is 5.91 Å². The number of nitrogens with zero attached hydrogens (tertiary/aromatic N) is 4. The van der Waals surface area contributed by atoms with Gasteiger partial charge in [0.2, 0.25) is 5.95 Å². The largest absolute Gasteiger partial charge is 0.368 e. The SMILES string of the molecule is CCCC[C@](C)(CNC(=O)c1cc(C)on1)Nc1nc(N)nc2cccnc12. The number of nitrogens with one attached hydrogen (secondary N) is 2. The van der Waals surface area contributed by atoms with E-state index in [1.165, 1.54) is 0 Å². The molecule has 0 unspecified atom stereocenters. The highest BCUT2D eigenvalue weighted by molar-refractivity contribution is 5.92. The van der Waals surface area contributed by atoms with E-state index < -0.39 is 5.54 Å². The van der Waals surface area contributed by atoms with Crippen LogP contribution < -0.4 is 16.4 Å². The molecule has 148 valence electrons. The molecule has 0 bridgehead atoms. The van der Waals surface area contributed by atoms with Gasteiger partial charge in [-0.05, 0) is 32.4 Å². The van der Waals surface area contributed by atoms with Crippen LogP contribution in [0.5, 0.6) is 0 Å². The number of carbonyl (C=O) groups is 1. The maximum absolute atomic E-state index is 12.4. The molecular weight excluding hydrogens is 358 g/mol. The Balaban J connectivity index is 1.82. The van der Waals surface area contributed by atoms with E-state index in [-0.39, 0.29) is 17.5 Å². The van der Waals surface area contributed by atoms with Crippen molar-refractivity contribution < 1.29 is 9.32 Å². The standard InChI is InChI=1S/C19H25N7O2/c1-4-5-8-19(3,11-22-17(27)14-10-12(2)28-26-14)25-16-15-13(7-6-9-21-15)23-18(20)24-16/h6-7,9-10H,4-5,8,11H2,1-3H3,(H,22,27)(H3,20,23,24,25)/t19-/m1/s1. The third kappa shape index (κ3) is 4.54. The minimum Gasteiger partial charge on any atom is -0.368 e.